The maximum absolute atomic E-state index is 12.9. The molecule has 3 amide bonds. The second-order valence-corrected chi connectivity index (χ2v) is 8.78. The number of nitrogens with one attached hydrogen (secondary N) is 2. The van der Waals surface area contributed by atoms with Gasteiger partial charge < -0.3 is 0 Å². The van der Waals surface area contributed by atoms with E-state index in [1.54, 1.807) is 24.3 Å². The molecule has 1 saturated heterocycles. The number of benzene rings is 2. The number of likely N-dealkylation sites (tertiary alicyclic amines) is 1. The zero-order valence-corrected chi connectivity index (χ0v) is 17.6. The van der Waals surface area contributed by atoms with Crippen molar-refractivity contribution in [3.8, 4) is 0 Å². The number of anilines is 1. The summed E-state index contributed by atoms with van der Waals surface area (Å²) in [6.07, 6.45) is 6.53. The fourth-order valence-corrected chi connectivity index (χ4v) is 5.36. The largest absolute Gasteiger partial charge is 0.281 e. The number of aromatic nitrogens is 2. The summed E-state index contributed by atoms with van der Waals surface area (Å²) >= 11 is 0. The van der Waals surface area contributed by atoms with Crippen molar-refractivity contribution in [1.29, 1.82) is 0 Å². The van der Waals surface area contributed by atoms with Crippen molar-refractivity contribution in [3.63, 3.8) is 0 Å². The van der Waals surface area contributed by atoms with Gasteiger partial charge in [-0.15, -0.1) is 0 Å². The van der Waals surface area contributed by atoms with Crippen LogP contribution in [0.25, 0.3) is 10.9 Å². The number of hydrogen-bond acceptors (Lipinski definition) is 6. The van der Waals surface area contributed by atoms with E-state index in [0.29, 0.717) is 11.4 Å². The molecular weight excluding hydrogens is 418 g/mol. The van der Waals surface area contributed by atoms with E-state index >= 15 is 0 Å². The smallest absolute Gasteiger partial charge is 0.269 e. The Hall–Kier alpha value is -4.07. The second kappa shape index (κ2) is 7.51. The molecule has 2 bridgehead atoms. The summed E-state index contributed by atoms with van der Waals surface area (Å²) in [5, 5.41) is 0.795. The summed E-state index contributed by atoms with van der Waals surface area (Å²) in [5.74, 6) is 0.0670. The van der Waals surface area contributed by atoms with Gasteiger partial charge in [0.2, 0.25) is 11.8 Å². The van der Waals surface area contributed by atoms with Gasteiger partial charge in [-0.1, -0.05) is 36.4 Å². The normalized spacial score (nSPS) is 25.0. The van der Waals surface area contributed by atoms with Crippen molar-refractivity contribution >= 4 is 34.4 Å². The quantitative estimate of drug-likeness (QED) is 0.360. The first-order chi connectivity index (χ1) is 16.1. The topological polar surface area (TPSA) is 104 Å². The molecule has 2 heterocycles. The van der Waals surface area contributed by atoms with Gasteiger partial charge >= 0.3 is 0 Å². The Labute approximate surface area is 189 Å². The van der Waals surface area contributed by atoms with E-state index in [1.165, 1.54) is 11.2 Å². The Morgan fingerprint density at radius 2 is 1.64 bits per heavy atom. The average Bonchev–Trinajstić information content (AvgIpc) is 3.53. The number of para-hydroxylation sites is 1. The predicted octanol–water partition coefficient (Wildman–Crippen LogP) is 2.69. The van der Waals surface area contributed by atoms with Gasteiger partial charge in [0.1, 0.15) is 6.33 Å². The molecule has 2 N–H and O–H groups in total. The Balaban J connectivity index is 1.11. The van der Waals surface area contributed by atoms with Gasteiger partial charge in [-0.05, 0) is 48.1 Å². The van der Waals surface area contributed by atoms with E-state index in [1.807, 2.05) is 24.3 Å². The summed E-state index contributed by atoms with van der Waals surface area (Å²) in [7, 11) is 0. The minimum atomic E-state index is -0.324. The Morgan fingerprint density at radius 1 is 0.939 bits per heavy atom. The molecule has 1 saturated carbocycles. The van der Waals surface area contributed by atoms with E-state index in [-0.39, 0.29) is 47.9 Å². The summed E-state index contributed by atoms with van der Waals surface area (Å²) < 4.78 is 0. The number of carbonyl (C=O) groups excluding carboxylic acids is 3. The highest BCUT2D eigenvalue weighted by atomic mass is 16.2. The first kappa shape index (κ1) is 19.6. The maximum atomic E-state index is 12.9. The van der Waals surface area contributed by atoms with Crippen molar-refractivity contribution in [3.05, 3.63) is 78.1 Å². The van der Waals surface area contributed by atoms with Crippen LogP contribution in [0.1, 0.15) is 22.3 Å². The molecule has 8 heteroatoms. The minimum Gasteiger partial charge on any atom is -0.281 e. The van der Waals surface area contributed by atoms with Crippen LogP contribution >= 0.6 is 0 Å². The van der Waals surface area contributed by atoms with Crippen molar-refractivity contribution < 1.29 is 14.4 Å². The zero-order valence-electron chi connectivity index (χ0n) is 17.6. The fraction of sp³-hybridized carbons (Fsp3) is 0.240. The second-order valence-electron chi connectivity index (χ2n) is 8.78. The molecule has 0 radical (unpaired) electrons. The minimum absolute atomic E-state index is 0.0649. The molecule has 1 aromatic heterocycles. The summed E-state index contributed by atoms with van der Waals surface area (Å²) in [6, 6.07) is 14.4. The lowest BCUT2D eigenvalue weighted by Crippen LogP contribution is -2.32. The van der Waals surface area contributed by atoms with Gasteiger partial charge in [-0.2, -0.15) is 0 Å². The van der Waals surface area contributed by atoms with E-state index in [0.717, 1.165) is 22.9 Å². The standard InChI is InChI=1S/C25H21N5O3/c31-23(29-28-22-18-3-1-2-4-19(18)26-13-27-22)15-7-5-14(6-8-15)12-30-24(32)20-16-9-10-17(11-16)21(20)25(30)33/h1-10,13,16-17,20-21H,11-12H2,(H,29,31)(H,26,27,28)/t16-,17-,20+,21+/m0/s1. The third-order valence-electron chi connectivity index (χ3n) is 6.96. The van der Waals surface area contributed by atoms with Crippen LogP contribution in [0.3, 0.4) is 0 Å². The molecule has 164 valence electrons. The first-order valence-corrected chi connectivity index (χ1v) is 11.0. The molecular formula is C25H21N5O3. The Bertz CT molecular complexity index is 1280. The molecule has 4 atom stereocenters. The van der Waals surface area contributed by atoms with Crippen molar-refractivity contribution in [1.82, 2.24) is 20.3 Å². The maximum Gasteiger partial charge on any atom is 0.269 e. The van der Waals surface area contributed by atoms with Crippen molar-refractivity contribution in [2.24, 2.45) is 23.7 Å². The lowest BCUT2D eigenvalue weighted by atomic mass is 9.85. The van der Waals surface area contributed by atoms with Gasteiger partial charge in [0.05, 0.1) is 23.9 Å². The molecule has 6 rings (SSSR count). The average molecular weight is 439 g/mol. The summed E-state index contributed by atoms with van der Waals surface area (Å²) in [4.78, 5) is 48.1. The highest BCUT2D eigenvalue weighted by molar-refractivity contribution is 6.06. The Kier molecular flexibility index (Phi) is 4.46. The molecule has 0 spiro atoms. The predicted molar refractivity (Wildman–Crippen MR) is 120 cm³/mol. The SMILES string of the molecule is O=C(NNc1ncnc2ccccc12)c1ccc(CN2C(=O)[C@H]3[C@H](C2=O)[C@H]2C=C[C@H]3C2)cc1. The summed E-state index contributed by atoms with van der Waals surface area (Å²) in [6.45, 7) is 0.233. The van der Waals surface area contributed by atoms with Crippen LogP contribution in [0.15, 0.2) is 67.0 Å². The molecule has 8 nitrogen and oxygen atoms in total. The number of carbonyl (C=O) groups is 3. The van der Waals surface area contributed by atoms with Crippen LogP contribution in [0, 0.1) is 23.7 Å². The van der Waals surface area contributed by atoms with Gasteiger partial charge in [0.15, 0.2) is 5.82 Å². The number of nitrogens with zero attached hydrogens (tertiary/aromatic N) is 3. The highest BCUT2D eigenvalue weighted by Gasteiger charge is 2.59. The molecule has 2 fully saturated rings. The monoisotopic (exact) mass is 439 g/mol. The first-order valence-electron chi connectivity index (χ1n) is 11.0. The van der Waals surface area contributed by atoms with Crippen LogP contribution < -0.4 is 10.9 Å². The zero-order chi connectivity index (χ0) is 22.5. The number of imide groups is 1. The van der Waals surface area contributed by atoms with Gasteiger partial charge in [-0.3, -0.25) is 30.1 Å². The van der Waals surface area contributed by atoms with Crippen LogP contribution in [-0.4, -0.2) is 32.6 Å². The van der Waals surface area contributed by atoms with Crippen molar-refractivity contribution in [2.75, 3.05) is 5.43 Å². The van der Waals surface area contributed by atoms with Gasteiger partial charge in [0.25, 0.3) is 5.91 Å². The summed E-state index contributed by atoms with van der Waals surface area (Å²) in [5.41, 5.74) is 7.53. The van der Waals surface area contributed by atoms with E-state index in [9.17, 15) is 14.4 Å². The third kappa shape index (κ3) is 3.17. The Morgan fingerprint density at radius 3 is 2.36 bits per heavy atom. The van der Waals surface area contributed by atoms with E-state index in [4.69, 9.17) is 0 Å². The molecule has 1 aliphatic heterocycles. The van der Waals surface area contributed by atoms with Crippen molar-refractivity contribution in [2.45, 2.75) is 13.0 Å². The molecule has 2 aromatic carbocycles. The van der Waals surface area contributed by atoms with E-state index in [2.05, 4.69) is 33.0 Å². The van der Waals surface area contributed by atoms with Crippen LogP contribution in [0.5, 0.6) is 0 Å². The number of allylic oxidation sites excluding steroid dienone is 2. The number of amides is 3. The third-order valence-corrected chi connectivity index (χ3v) is 6.96. The molecule has 0 unspecified atom stereocenters. The molecule has 3 aliphatic rings. The number of hydrazine groups is 1. The van der Waals surface area contributed by atoms with Gasteiger partial charge in [0, 0.05) is 10.9 Å². The van der Waals surface area contributed by atoms with Crippen LogP contribution in [0.2, 0.25) is 0 Å². The lowest BCUT2D eigenvalue weighted by Gasteiger charge is -2.17. The highest BCUT2D eigenvalue weighted by Crippen LogP contribution is 2.52. The number of fused-ring (bicyclic) bond motifs is 6. The van der Waals surface area contributed by atoms with Crippen LogP contribution in [0.4, 0.5) is 5.82 Å². The van der Waals surface area contributed by atoms with E-state index < -0.39 is 0 Å². The lowest BCUT2D eigenvalue weighted by molar-refractivity contribution is -0.141. The van der Waals surface area contributed by atoms with Crippen LogP contribution in [-0.2, 0) is 16.1 Å². The number of rotatable bonds is 5. The molecule has 3 aromatic rings. The number of hydrogen-bond donors (Lipinski definition) is 2. The molecule has 33 heavy (non-hydrogen) atoms. The molecule has 2 aliphatic carbocycles. The van der Waals surface area contributed by atoms with Gasteiger partial charge in [-0.25, -0.2) is 9.97 Å². The fourth-order valence-electron chi connectivity index (χ4n) is 5.36.